The molecule has 0 spiro atoms. The van der Waals surface area contributed by atoms with Crippen molar-refractivity contribution in [2.45, 2.75) is 93.8 Å². The fourth-order valence-electron chi connectivity index (χ4n) is 5.27. The summed E-state index contributed by atoms with van der Waals surface area (Å²) in [6.45, 7) is 3.61. The molecule has 2 aliphatic carbocycles. The summed E-state index contributed by atoms with van der Waals surface area (Å²) in [6.07, 6.45) is -3.37. The SMILES string of the molecule is CC(C)c1nc2cnc(C3CCCC(S(F)(F)(F)(F)F)C3)cn2c1C1C(F)CC(O)CC1F. The number of alkyl halides is 2. The van der Waals surface area contributed by atoms with Gasteiger partial charge < -0.3 is 9.51 Å². The Morgan fingerprint density at radius 2 is 1.67 bits per heavy atom. The molecule has 2 fully saturated rings. The predicted octanol–water partition coefficient (Wildman–Crippen LogP) is 7.09. The van der Waals surface area contributed by atoms with Gasteiger partial charge in [0.15, 0.2) is 5.65 Å². The maximum Gasteiger partial charge on any atom is 0.288 e. The molecule has 0 aliphatic heterocycles. The van der Waals surface area contributed by atoms with Gasteiger partial charge in [0.25, 0.3) is 10.2 Å². The summed E-state index contributed by atoms with van der Waals surface area (Å²) in [5, 5.41) is 7.06. The Morgan fingerprint density at radius 1 is 1.03 bits per heavy atom. The molecule has 1 N–H and O–H groups in total. The molecule has 188 valence electrons. The highest BCUT2D eigenvalue weighted by atomic mass is 32.5. The van der Waals surface area contributed by atoms with Gasteiger partial charge in [-0.1, -0.05) is 39.7 Å². The summed E-state index contributed by atoms with van der Waals surface area (Å²) in [5.74, 6) is -2.27. The van der Waals surface area contributed by atoms with Gasteiger partial charge in [-0.15, -0.1) is 0 Å². The number of hydrogen-bond donors (Lipinski definition) is 1. The number of nitrogens with zero attached hydrogens (tertiary/aromatic N) is 3. The van der Waals surface area contributed by atoms with Crippen molar-refractivity contribution in [3.8, 4) is 0 Å². The van der Waals surface area contributed by atoms with Gasteiger partial charge in [0, 0.05) is 25.0 Å². The molecule has 0 bridgehead atoms. The molecule has 4 atom stereocenters. The largest absolute Gasteiger partial charge is 0.393 e. The molecule has 2 heterocycles. The lowest BCUT2D eigenvalue weighted by atomic mass is 9.80. The highest BCUT2D eigenvalue weighted by Gasteiger charge is 2.69. The van der Waals surface area contributed by atoms with E-state index in [1.807, 2.05) is 0 Å². The van der Waals surface area contributed by atoms with Crippen molar-refractivity contribution in [2.75, 3.05) is 0 Å². The van der Waals surface area contributed by atoms with Crippen molar-refractivity contribution < 1.29 is 33.3 Å². The van der Waals surface area contributed by atoms with Crippen molar-refractivity contribution in [2.24, 2.45) is 0 Å². The summed E-state index contributed by atoms with van der Waals surface area (Å²) in [5.41, 5.74) is 1.15. The molecule has 2 aliphatic rings. The first-order valence-electron chi connectivity index (χ1n) is 11.1. The van der Waals surface area contributed by atoms with Gasteiger partial charge in [-0.25, -0.2) is 13.8 Å². The van der Waals surface area contributed by atoms with Gasteiger partial charge in [-0.3, -0.25) is 4.98 Å². The van der Waals surface area contributed by atoms with E-state index < -0.39 is 58.6 Å². The van der Waals surface area contributed by atoms with Gasteiger partial charge in [0.2, 0.25) is 0 Å². The maximum absolute atomic E-state index is 14.9. The van der Waals surface area contributed by atoms with Crippen LogP contribution in [-0.2, 0) is 0 Å². The van der Waals surface area contributed by atoms with E-state index in [9.17, 15) is 33.3 Å². The summed E-state index contributed by atoms with van der Waals surface area (Å²) in [4.78, 5) is 8.64. The van der Waals surface area contributed by atoms with Crippen molar-refractivity contribution in [1.29, 1.82) is 0 Å². The van der Waals surface area contributed by atoms with Gasteiger partial charge >= 0.3 is 0 Å². The Labute approximate surface area is 187 Å². The Morgan fingerprint density at radius 3 is 2.24 bits per heavy atom. The first kappa shape index (κ1) is 24.6. The van der Waals surface area contributed by atoms with Gasteiger partial charge in [0.1, 0.15) is 12.3 Å². The van der Waals surface area contributed by atoms with E-state index in [4.69, 9.17) is 0 Å². The van der Waals surface area contributed by atoms with Gasteiger partial charge in [-0.2, -0.15) is 0 Å². The van der Waals surface area contributed by atoms with E-state index in [1.165, 1.54) is 16.8 Å². The molecule has 2 aromatic heterocycles. The number of fused-ring (bicyclic) bond motifs is 1. The Bertz CT molecular complexity index is 1030. The number of imidazole rings is 1. The van der Waals surface area contributed by atoms with Crippen LogP contribution in [0.2, 0.25) is 0 Å². The zero-order valence-electron chi connectivity index (χ0n) is 18.3. The lowest BCUT2D eigenvalue weighted by molar-refractivity contribution is 0.0208. The Kier molecular flexibility index (Phi) is 5.56. The highest BCUT2D eigenvalue weighted by Crippen LogP contribution is 3.01. The molecule has 0 aromatic carbocycles. The van der Waals surface area contributed by atoms with E-state index in [2.05, 4.69) is 9.97 Å². The monoisotopic (exact) mass is 503 g/mol. The Balaban J connectivity index is 1.77. The maximum atomic E-state index is 14.9. The highest BCUT2D eigenvalue weighted by molar-refractivity contribution is 8.46. The number of aliphatic hydroxyl groups is 1. The van der Waals surface area contributed by atoms with Crippen LogP contribution in [0.5, 0.6) is 0 Å². The van der Waals surface area contributed by atoms with Crippen LogP contribution in [0.3, 0.4) is 0 Å². The smallest absolute Gasteiger partial charge is 0.288 e. The minimum Gasteiger partial charge on any atom is -0.393 e. The number of hydrogen-bond acceptors (Lipinski definition) is 3. The van der Waals surface area contributed by atoms with Crippen LogP contribution >= 0.6 is 10.2 Å². The lowest BCUT2D eigenvalue weighted by Gasteiger charge is -2.49. The van der Waals surface area contributed by atoms with E-state index in [0.717, 1.165) is 0 Å². The van der Waals surface area contributed by atoms with Crippen LogP contribution in [0.25, 0.3) is 5.65 Å². The molecule has 4 rings (SSSR count). The van der Waals surface area contributed by atoms with E-state index in [1.54, 1.807) is 13.8 Å². The average molecular weight is 504 g/mol. The molecule has 4 nitrogen and oxygen atoms in total. The molecule has 33 heavy (non-hydrogen) atoms. The Hall–Kier alpha value is -1.56. The number of rotatable bonds is 4. The summed E-state index contributed by atoms with van der Waals surface area (Å²) >= 11 is 0. The number of aliphatic hydroxyl groups excluding tert-OH is 1. The first-order valence-corrected chi connectivity index (χ1v) is 13.1. The molecule has 0 amide bonds. The molecular weight excluding hydrogens is 475 g/mol. The molecule has 2 aromatic rings. The second kappa shape index (κ2) is 7.47. The van der Waals surface area contributed by atoms with Crippen LogP contribution in [0.1, 0.15) is 87.2 Å². The van der Waals surface area contributed by atoms with Crippen molar-refractivity contribution >= 4 is 15.9 Å². The minimum atomic E-state index is -9.65. The fourth-order valence-corrected chi connectivity index (χ4v) is 6.48. The molecule has 2 saturated carbocycles. The third kappa shape index (κ3) is 4.82. The van der Waals surface area contributed by atoms with Crippen LogP contribution in [0.15, 0.2) is 12.4 Å². The van der Waals surface area contributed by atoms with Crippen molar-refractivity contribution in [1.82, 2.24) is 14.4 Å². The minimum absolute atomic E-state index is 0.0195. The van der Waals surface area contributed by atoms with Gasteiger partial charge in [0.05, 0.1) is 40.6 Å². The normalized spacial score (nSPS) is 33.8. The third-order valence-electron chi connectivity index (χ3n) is 6.91. The molecule has 12 heteroatoms. The molecule has 0 radical (unpaired) electrons. The second-order valence-corrected chi connectivity index (χ2v) is 12.5. The topological polar surface area (TPSA) is 50.4 Å². The first-order chi connectivity index (χ1) is 15.0. The average Bonchev–Trinajstić information content (AvgIpc) is 3.04. The quantitative estimate of drug-likeness (QED) is 0.453. The van der Waals surface area contributed by atoms with E-state index in [-0.39, 0.29) is 48.6 Å². The zero-order valence-corrected chi connectivity index (χ0v) is 19.1. The second-order valence-electron chi connectivity index (χ2n) is 9.77. The number of halogens is 7. The number of aromatic nitrogens is 3. The third-order valence-corrected chi connectivity index (χ3v) is 8.59. The van der Waals surface area contributed by atoms with Crippen molar-refractivity contribution in [3.05, 3.63) is 29.5 Å². The van der Waals surface area contributed by atoms with Crippen LogP contribution in [0.4, 0.5) is 28.2 Å². The summed E-state index contributed by atoms with van der Waals surface area (Å²) in [6, 6.07) is 0. The van der Waals surface area contributed by atoms with Crippen molar-refractivity contribution in [3.63, 3.8) is 0 Å². The van der Waals surface area contributed by atoms with Crippen LogP contribution < -0.4 is 0 Å². The molecule has 4 unspecified atom stereocenters. The fraction of sp³-hybridized carbons (Fsp3) is 0.714. The lowest BCUT2D eigenvalue weighted by Crippen LogP contribution is -2.37. The molecule has 0 saturated heterocycles. The van der Waals surface area contributed by atoms with Gasteiger partial charge in [-0.05, 0) is 25.2 Å². The van der Waals surface area contributed by atoms with Crippen LogP contribution in [0, 0.1) is 0 Å². The summed E-state index contributed by atoms with van der Waals surface area (Å²) < 4.78 is 98.4. The zero-order chi connectivity index (χ0) is 24.4. The van der Waals surface area contributed by atoms with Crippen LogP contribution in [-0.4, -0.2) is 43.2 Å². The predicted molar refractivity (Wildman–Crippen MR) is 113 cm³/mol. The standard InChI is InChI=1S/C21H28F7N3OS/c1-11(2)20-21(19-15(22)7-13(32)8-16(19)23)31-10-17(29-9-18(31)30-20)12-4-3-5-14(6-12)33(24,25,26,27)28/h9-16,19,32H,3-8H2,1-2H3. The molecular formula is C21H28F7N3OS. The van der Waals surface area contributed by atoms with E-state index in [0.29, 0.717) is 5.69 Å². The van der Waals surface area contributed by atoms with E-state index >= 15 is 0 Å². The summed E-state index contributed by atoms with van der Waals surface area (Å²) in [7, 11) is -9.65.